The van der Waals surface area contributed by atoms with Gasteiger partial charge in [-0.15, -0.1) is 0 Å². The molecule has 0 unspecified atom stereocenters. The molecule has 2 atom stereocenters. The first kappa shape index (κ1) is 19.5. The number of carbonyl (C=O) groups excluding carboxylic acids is 2. The van der Waals surface area contributed by atoms with Crippen LogP contribution in [0.2, 0.25) is 0 Å². The summed E-state index contributed by atoms with van der Waals surface area (Å²) < 4.78 is 46.3. The van der Waals surface area contributed by atoms with Crippen molar-refractivity contribution >= 4 is 21.8 Å². The molecule has 1 aromatic rings. The van der Waals surface area contributed by atoms with Crippen molar-refractivity contribution in [3.63, 3.8) is 0 Å². The van der Waals surface area contributed by atoms with Gasteiger partial charge in [-0.1, -0.05) is 13.0 Å². The van der Waals surface area contributed by atoms with Crippen molar-refractivity contribution in [2.75, 3.05) is 25.8 Å². The Morgan fingerprint density at radius 2 is 1.67 bits per heavy atom. The van der Waals surface area contributed by atoms with Gasteiger partial charge in [-0.2, -0.15) is 0 Å². The van der Waals surface area contributed by atoms with Gasteiger partial charge < -0.3 is 18.9 Å². The Labute approximate surface area is 157 Å². The first-order valence-corrected chi connectivity index (χ1v) is 10.5. The third-order valence-corrected chi connectivity index (χ3v) is 7.13. The van der Waals surface area contributed by atoms with Crippen LogP contribution >= 0.6 is 0 Å². The van der Waals surface area contributed by atoms with Gasteiger partial charge in [0.05, 0.1) is 18.5 Å². The molecule has 0 spiro atoms. The van der Waals surface area contributed by atoms with Gasteiger partial charge in [0.1, 0.15) is 0 Å². The Morgan fingerprint density at radius 1 is 1.07 bits per heavy atom. The summed E-state index contributed by atoms with van der Waals surface area (Å²) in [7, 11) is -3.74. The van der Waals surface area contributed by atoms with E-state index < -0.39 is 38.4 Å². The van der Waals surface area contributed by atoms with Crippen molar-refractivity contribution in [1.29, 1.82) is 0 Å². The second-order valence-corrected chi connectivity index (χ2v) is 8.68. The molecule has 1 aromatic carbocycles. The number of hydrogen-bond donors (Lipinski definition) is 0. The lowest BCUT2D eigenvalue weighted by Crippen LogP contribution is -2.36. The quantitative estimate of drug-likeness (QED) is 0.502. The Morgan fingerprint density at radius 3 is 2.22 bits per heavy atom. The molecule has 1 saturated carbocycles. The minimum absolute atomic E-state index is 0.0206. The second kappa shape index (κ2) is 7.03. The van der Waals surface area contributed by atoms with Crippen LogP contribution in [0.5, 0.6) is 11.5 Å². The van der Waals surface area contributed by atoms with Crippen LogP contribution in [0.1, 0.15) is 32.3 Å². The lowest BCUT2D eigenvalue weighted by atomic mass is 9.98. The summed E-state index contributed by atoms with van der Waals surface area (Å²) in [5, 5.41) is -1.24. The van der Waals surface area contributed by atoms with Gasteiger partial charge in [0, 0.05) is 11.7 Å². The number of esters is 2. The number of fused-ring (bicyclic) bond motifs is 1. The molecule has 3 rings (SSSR count). The average molecular weight is 398 g/mol. The van der Waals surface area contributed by atoms with E-state index in [0.29, 0.717) is 17.1 Å². The predicted octanol–water partition coefficient (Wildman–Crippen LogP) is 1.43. The molecule has 0 N–H and O–H groups in total. The van der Waals surface area contributed by atoms with Crippen LogP contribution in [-0.2, 0) is 28.9 Å². The van der Waals surface area contributed by atoms with E-state index in [0.717, 1.165) is 0 Å². The van der Waals surface area contributed by atoms with E-state index in [2.05, 4.69) is 0 Å². The van der Waals surface area contributed by atoms with E-state index in [-0.39, 0.29) is 25.8 Å². The fourth-order valence-electron chi connectivity index (χ4n) is 3.64. The first-order valence-electron chi connectivity index (χ1n) is 8.80. The number of carbonyl (C=O) groups is 2. The van der Waals surface area contributed by atoms with Crippen molar-refractivity contribution in [3.8, 4) is 11.5 Å². The molecule has 0 aromatic heterocycles. The van der Waals surface area contributed by atoms with Gasteiger partial charge in [-0.05, 0) is 31.5 Å². The van der Waals surface area contributed by atoms with Crippen molar-refractivity contribution in [2.24, 2.45) is 5.41 Å². The summed E-state index contributed by atoms with van der Waals surface area (Å²) in [5.74, 6) is -1.92. The summed E-state index contributed by atoms with van der Waals surface area (Å²) in [6.07, 6.45) is 0. The van der Waals surface area contributed by atoms with Crippen molar-refractivity contribution in [2.45, 2.75) is 31.9 Å². The molecule has 8 nitrogen and oxygen atoms in total. The molecule has 9 heteroatoms. The summed E-state index contributed by atoms with van der Waals surface area (Å²) in [5.41, 5.74) is -1.42. The predicted molar refractivity (Wildman–Crippen MR) is 94.3 cm³/mol. The molecule has 0 radical (unpaired) electrons. The first-order chi connectivity index (χ1) is 12.8. The standard InChI is InChI=1S/C18H22O8S/c1-4-23-16(19)18(17(20)24-5-2)14(15(18)27(21,22)6-3)11-7-8-12-13(9-11)26-10-25-12/h7-9,14-15H,4-6,10H2,1-3H3/t14-,15+/m0/s1. The molecule has 148 valence electrons. The molecule has 0 amide bonds. The monoisotopic (exact) mass is 398 g/mol. The van der Waals surface area contributed by atoms with Gasteiger partial charge in [-0.25, -0.2) is 8.42 Å². The van der Waals surface area contributed by atoms with E-state index >= 15 is 0 Å². The molecule has 0 bridgehead atoms. The number of ether oxygens (including phenoxy) is 4. The van der Waals surface area contributed by atoms with E-state index in [1.165, 1.54) is 6.92 Å². The van der Waals surface area contributed by atoms with Crippen LogP contribution in [0.15, 0.2) is 18.2 Å². The molecular weight excluding hydrogens is 376 g/mol. The highest BCUT2D eigenvalue weighted by Gasteiger charge is 2.81. The van der Waals surface area contributed by atoms with Gasteiger partial charge in [-0.3, -0.25) is 9.59 Å². The number of benzene rings is 1. The van der Waals surface area contributed by atoms with Gasteiger partial charge in [0.15, 0.2) is 26.8 Å². The fourth-order valence-corrected chi connectivity index (χ4v) is 5.61. The van der Waals surface area contributed by atoms with E-state index in [1.807, 2.05) is 0 Å². The SMILES string of the molecule is CCOC(=O)C1(C(=O)OCC)[C@H](S(=O)(=O)CC)[C@@H]1c1ccc2c(c1)OCO2. The highest BCUT2D eigenvalue weighted by molar-refractivity contribution is 7.92. The molecule has 0 saturated heterocycles. The molecule has 27 heavy (non-hydrogen) atoms. The van der Waals surface area contributed by atoms with Crippen molar-refractivity contribution < 1.29 is 37.0 Å². The molecule has 2 aliphatic rings. The van der Waals surface area contributed by atoms with Crippen LogP contribution in [0.25, 0.3) is 0 Å². The largest absolute Gasteiger partial charge is 0.465 e. The van der Waals surface area contributed by atoms with E-state index in [4.69, 9.17) is 18.9 Å². The van der Waals surface area contributed by atoms with Crippen LogP contribution in [0.3, 0.4) is 0 Å². The highest BCUT2D eigenvalue weighted by atomic mass is 32.2. The van der Waals surface area contributed by atoms with Crippen LogP contribution < -0.4 is 9.47 Å². The highest BCUT2D eigenvalue weighted by Crippen LogP contribution is 2.65. The summed E-state index contributed by atoms with van der Waals surface area (Å²) in [6.45, 7) is 4.77. The lowest BCUT2D eigenvalue weighted by Gasteiger charge is -2.15. The van der Waals surface area contributed by atoms with Gasteiger partial charge in [0.25, 0.3) is 0 Å². The molecule has 1 aliphatic heterocycles. The smallest absolute Gasteiger partial charge is 0.325 e. The third-order valence-electron chi connectivity index (χ3n) is 4.90. The number of hydrogen-bond acceptors (Lipinski definition) is 8. The fraction of sp³-hybridized carbons (Fsp3) is 0.556. The average Bonchev–Trinajstić information content (AvgIpc) is 3.17. The lowest BCUT2D eigenvalue weighted by molar-refractivity contribution is -0.164. The normalized spacial score (nSPS) is 22.2. The number of sulfone groups is 1. The maximum atomic E-state index is 12.8. The van der Waals surface area contributed by atoms with Crippen molar-refractivity contribution in [1.82, 2.24) is 0 Å². The molecule has 1 aliphatic carbocycles. The van der Waals surface area contributed by atoms with Gasteiger partial charge in [0.2, 0.25) is 6.79 Å². The Bertz CT molecular complexity index is 842. The van der Waals surface area contributed by atoms with Crippen LogP contribution in [-0.4, -0.2) is 51.4 Å². The third kappa shape index (κ3) is 2.93. The number of rotatable bonds is 7. The summed E-state index contributed by atoms with van der Waals surface area (Å²) in [6, 6.07) is 4.87. The second-order valence-electron chi connectivity index (χ2n) is 6.27. The maximum absolute atomic E-state index is 12.8. The Kier molecular flexibility index (Phi) is 5.07. The van der Waals surface area contributed by atoms with E-state index in [1.54, 1.807) is 32.0 Å². The zero-order chi connectivity index (χ0) is 19.8. The summed E-state index contributed by atoms with van der Waals surface area (Å²) in [4.78, 5) is 25.6. The molecular formula is C18H22O8S. The molecule has 1 fully saturated rings. The Balaban J connectivity index is 2.13. The van der Waals surface area contributed by atoms with E-state index in [9.17, 15) is 18.0 Å². The summed E-state index contributed by atoms with van der Waals surface area (Å²) >= 11 is 0. The van der Waals surface area contributed by atoms with Crippen LogP contribution in [0.4, 0.5) is 0 Å². The van der Waals surface area contributed by atoms with Crippen LogP contribution in [0, 0.1) is 5.41 Å². The molecule has 1 heterocycles. The Hall–Kier alpha value is -2.29. The van der Waals surface area contributed by atoms with Gasteiger partial charge >= 0.3 is 11.9 Å². The minimum Gasteiger partial charge on any atom is -0.465 e. The van der Waals surface area contributed by atoms with Crippen molar-refractivity contribution in [3.05, 3.63) is 23.8 Å². The maximum Gasteiger partial charge on any atom is 0.325 e. The minimum atomic E-state index is -3.74. The zero-order valence-corrected chi connectivity index (χ0v) is 16.2. The zero-order valence-electron chi connectivity index (χ0n) is 15.4. The topological polar surface area (TPSA) is 105 Å².